The number of rotatable bonds is 3. The van der Waals surface area contributed by atoms with Crippen LogP contribution in [0.4, 0.5) is 0 Å². The summed E-state index contributed by atoms with van der Waals surface area (Å²) in [5, 5.41) is 4.69. The Balaban J connectivity index is 1.78. The molecule has 0 aliphatic carbocycles. The van der Waals surface area contributed by atoms with Crippen molar-refractivity contribution in [3.05, 3.63) is 91.0 Å². The molecule has 4 heteroatoms. The van der Waals surface area contributed by atoms with E-state index in [-0.39, 0.29) is 0 Å². The van der Waals surface area contributed by atoms with E-state index < -0.39 is 0 Å². The van der Waals surface area contributed by atoms with Gasteiger partial charge in [0.15, 0.2) is 5.82 Å². The number of hydrogen-bond donors (Lipinski definition) is 0. The van der Waals surface area contributed by atoms with Gasteiger partial charge in [-0.15, -0.1) is 5.10 Å². The fourth-order valence-electron chi connectivity index (χ4n) is 3.04. The van der Waals surface area contributed by atoms with E-state index in [2.05, 4.69) is 0 Å². The second-order valence-electron chi connectivity index (χ2n) is 6.01. The number of imidazole rings is 1. The van der Waals surface area contributed by atoms with E-state index in [0.717, 1.165) is 28.2 Å². The van der Waals surface area contributed by atoms with E-state index in [9.17, 15) is 0 Å². The minimum Gasteiger partial charge on any atom is -0.416 e. The molecule has 0 bridgehead atoms. The van der Waals surface area contributed by atoms with E-state index in [0.29, 0.717) is 11.6 Å². The van der Waals surface area contributed by atoms with Crippen molar-refractivity contribution in [3.63, 3.8) is 0 Å². The number of hydrogen-bond acceptors (Lipinski definition) is 3. The molecule has 0 amide bonds. The highest BCUT2D eigenvalue weighted by molar-refractivity contribution is 5.78. The maximum atomic E-state index is 6.13. The Bertz CT molecular complexity index is 1090. The van der Waals surface area contributed by atoms with Crippen molar-refractivity contribution in [2.45, 2.75) is 0 Å². The number of benzene rings is 3. The zero-order chi connectivity index (χ0) is 17.3. The molecule has 0 atom stereocenters. The van der Waals surface area contributed by atoms with Crippen LogP contribution in [0.2, 0.25) is 0 Å². The van der Waals surface area contributed by atoms with E-state index in [1.165, 1.54) is 0 Å². The molecular weight excluding hydrogens is 322 g/mol. The van der Waals surface area contributed by atoms with Crippen LogP contribution in [-0.4, -0.2) is 14.6 Å². The summed E-state index contributed by atoms with van der Waals surface area (Å²) in [6.45, 7) is 0. The van der Waals surface area contributed by atoms with Crippen molar-refractivity contribution >= 4 is 5.71 Å². The molecular formula is C22H15N3O. The van der Waals surface area contributed by atoms with Crippen molar-refractivity contribution in [2.24, 2.45) is 0 Å². The third-order valence-electron chi connectivity index (χ3n) is 4.30. The Kier molecular flexibility index (Phi) is 3.39. The average Bonchev–Trinajstić information content (AvgIpc) is 3.29. The van der Waals surface area contributed by atoms with Crippen LogP contribution in [0.3, 0.4) is 0 Å². The average molecular weight is 337 g/mol. The summed E-state index contributed by atoms with van der Waals surface area (Å²) in [4.78, 5) is 4.83. The maximum absolute atomic E-state index is 6.13. The predicted octanol–water partition coefficient (Wildman–Crippen LogP) is 5.32. The van der Waals surface area contributed by atoms with Crippen LogP contribution >= 0.6 is 0 Å². The fourth-order valence-corrected chi connectivity index (χ4v) is 3.04. The highest BCUT2D eigenvalue weighted by Crippen LogP contribution is 2.32. The number of nitrogens with zero attached hydrogens (tertiary/aromatic N) is 3. The SMILES string of the molecule is c1ccc(-c2nn3c(-c4ccccc4)nc(-c4ccccc4)c3o2)cc1. The topological polar surface area (TPSA) is 43.3 Å². The van der Waals surface area contributed by atoms with Crippen LogP contribution in [-0.2, 0) is 0 Å². The molecule has 0 unspecified atom stereocenters. The number of aromatic nitrogens is 3. The molecule has 3 aromatic carbocycles. The molecule has 0 N–H and O–H groups in total. The van der Waals surface area contributed by atoms with Crippen LogP contribution in [0.25, 0.3) is 39.8 Å². The van der Waals surface area contributed by atoms with Gasteiger partial charge in [0.25, 0.3) is 5.71 Å². The van der Waals surface area contributed by atoms with E-state index >= 15 is 0 Å². The lowest BCUT2D eigenvalue weighted by atomic mass is 10.2. The predicted molar refractivity (Wildman–Crippen MR) is 102 cm³/mol. The summed E-state index contributed by atoms with van der Waals surface area (Å²) in [5.74, 6) is 1.35. The Morgan fingerprint density at radius 1 is 0.615 bits per heavy atom. The first-order valence-corrected chi connectivity index (χ1v) is 8.46. The van der Waals surface area contributed by atoms with Crippen molar-refractivity contribution in [1.82, 2.24) is 14.6 Å². The van der Waals surface area contributed by atoms with Crippen LogP contribution < -0.4 is 0 Å². The molecule has 0 aliphatic rings. The van der Waals surface area contributed by atoms with Gasteiger partial charge < -0.3 is 4.42 Å². The van der Waals surface area contributed by atoms with Gasteiger partial charge in [0.1, 0.15) is 5.69 Å². The molecule has 0 aliphatic heterocycles. The fraction of sp³-hybridized carbons (Fsp3) is 0. The Morgan fingerprint density at radius 2 is 1.15 bits per heavy atom. The van der Waals surface area contributed by atoms with Gasteiger partial charge in [0.2, 0.25) is 5.89 Å². The van der Waals surface area contributed by atoms with Gasteiger partial charge in [-0.3, -0.25) is 0 Å². The van der Waals surface area contributed by atoms with Crippen molar-refractivity contribution < 1.29 is 4.42 Å². The first kappa shape index (κ1) is 14.7. The number of fused-ring (bicyclic) bond motifs is 1. The molecule has 124 valence electrons. The van der Waals surface area contributed by atoms with Gasteiger partial charge in [0, 0.05) is 16.7 Å². The molecule has 0 saturated carbocycles. The lowest BCUT2D eigenvalue weighted by Crippen LogP contribution is -1.90. The summed E-state index contributed by atoms with van der Waals surface area (Å²) in [6, 6.07) is 30.0. The van der Waals surface area contributed by atoms with Gasteiger partial charge >= 0.3 is 0 Å². The Morgan fingerprint density at radius 3 is 1.77 bits per heavy atom. The molecule has 5 aromatic rings. The molecule has 26 heavy (non-hydrogen) atoms. The van der Waals surface area contributed by atoms with E-state index in [1.54, 1.807) is 4.52 Å². The third kappa shape index (κ3) is 2.40. The van der Waals surface area contributed by atoms with Crippen LogP contribution in [0.15, 0.2) is 95.4 Å². The zero-order valence-electron chi connectivity index (χ0n) is 13.9. The van der Waals surface area contributed by atoms with Crippen LogP contribution in [0.5, 0.6) is 0 Å². The lowest BCUT2D eigenvalue weighted by Gasteiger charge is -1.97. The van der Waals surface area contributed by atoms with Gasteiger partial charge in [-0.25, -0.2) is 4.98 Å². The zero-order valence-corrected chi connectivity index (χ0v) is 13.9. The second kappa shape index (κ2) is 6.01. The third-order valence-corrected chi connectivity index (χ3v) is 4.30. The van der Waals surface area contributed by atoms with Gasteiger partial charge in [-0.2, -0.15) is 4.52 Å². The highest BCUT2D eigenvalue weighted by atomic mass is 16.4. The molecule has 4 nitrogen and oxygen atoms in total. The van der Waals surface area contributed by atoms with Crippen LogP contribution in [0.1, 0.15) is 0 Å². The monoisotopic (exact) mass is 337 g/mol. The minimum absolute atomic E-state index is 0.581. The van der Waals surface area contributed by atoms with Crippen molar-refractivity contribution in [3.8, 4) is 34.1 Å². The summed E-state index contributed by atoms with van der Waals surface area (Å²) >= 11 is 0. The summed E-state index contributed by atoms with van der Waals surface area (Å²) in [6.07, 6.45) is 0. The highest BCUT2D eigenvalue weighted by Gasteiger charge is 2.20. The van der Waals surface area contributed by atoms with Gasteiger partial charge in [-0.05, 0) is 12.1 Å². The standard InChI is InChI=1S/C22H15N3O/c1-4-10-16(11-5-1)19-22-25(20(23-19)17-12-6-2-7-13-17)24-21(26-22)18-14-8-3-9-15-18/h1-15H. The quantitative estimate of drug-likeness (QED) is 0.447. The normalized spacial score (nSPS) is 11.1. The van der Waals surface area contributed by atoms with Gasteiger partial charge in [-0.1, -0.05) is 78.9 Å². The first-order chi connectivity index (χ1) is 12.9. The molecule has 0 fully saturated rings. The minimum atomic E-state index is 0.581. The molecule has 2 heterocycles. The lowest BCUT2D eigenvalue weighted by molar-refractivity contribution is 0.618. The molecule has 0 radical (unpaired) electrons. The molecule has 0 spiro atoms. The Hall–Kier alpha value is -3.66. The summed E-state index contributed by atoms with van der Waals surface area (Å²) < 4.78 is 7.92. The van der Waals surface area contributed by atoms with Crippen LogP contribution in [0, 0.1) is 0 Å². The molecule has 5 rings (SSSR count). The van der Waals surface area contributed by atoms with Gasteiger partial charge in [0.05, 0.1) is 0 Å². The van der Waals surface area contributed by atoms with Crippen molar-refractivity contribution in [2.75, 3.05) is 0 Å². The van der Waals surface area contributed by atoms with Crippen molar-refractivity contribution in [1.29, 1.82) is 0 Å². The Labute approximate surface area is 150 Å². The van der Waals surface area contributed by atoms with E-state index in [4.69, 9.17) is 14.5 Å². The first-order valence-electron chi connectivity index (χ1n) is 8.46. The smallest absolute Gasteiger partial charge is 0.251 e. The van der Waals surface area contributed by atoms with E-state index in [1.807, 2.05) is 91.0 Å². The maximum Gasteiger partial charge on any atom is 0.251 e. The molecule has 2 aromatic heterocycles. The largest absolute Gasteiger partial charge is 0.416 e. The second-order valence-corrected chi connectivity index (χ2v) is 6.01. The molecule has 0 saturated heterocycles. The summed E-state index contributed by atoms with van der Waals surface area (Å²) in [7, 11) is 0. The summed E-state index contributed by atoms with van der Waals surface area (Å²) in [5.41, 5.74) is 4.38.